The zero-order valence-electron chi connectivity index (χ0n) is 35.3. The van der Waals surface area contributed by atoms with Gasteiger partial charge < -0.3 is 93.6 Å². The first-order chi connectivity index (χ1) is 29.0. The van der Waals surface area contributed by atoms with Gasteiger partial charge in [0.15, 0.2) is 18.9 Å². The van der Waals surface area contributed by atoms with Crippen molar-refractivity contribution in [2.24, 2.45) is 0 Å². The van der Waals surface area contributed by atoms with Gasteiger partial charge in [0.1, 0.15) is 79.7 Å². The van der Waals surface area contributed by atoms with Crippen molar-refractivity contribution < 1.29 is 206 Å². The van der Waals surface area contributed by atoms with Gasteiger partial charge in [0.2, 0.25) is 32.6 Å². The maximum atomic E-state index is 12.5. The van der Waals surface area contributed by atoms with Crippen LogP contribution in [-0.4, -0.2) is 194 Å². The molecule has 4 rings (SSSR count). The predicted molar refractivity (Wildman–Crippen MR) is 188 cm³/mol. The monoisotopic (exact) mass is 1000 g/mol. The summed E-state index contributed by atoms with van der Waals surface area (Å²) < 4.78 is 117. The minimum absolute atomic E-state index is 0. The molecule has 0 unspecified atom stereocenters. The number of aliphatic hydroxyl groups is 5. The van der Waals surface area contributed by atoms with E-state index in [0.717, 1.165) is 13.8 Å². The number of carbonyl (C=O) groups excluding carboxylic acids is 4. The van der Waals surface area contributed by atoms with Crippen LogP contribution >= 0.6 is 0 Å². The van der Waals surface area contributed by atoms with Gasteiger partial charge in [0.25, 0.3) is 0 Å². The van der Waals surface area contributed by atoms with Gasteiger partial charge in [-0.05, 0) is 5.56 Å². The second-order valence-corrected chi connectivity index (χ2v) is 15.6. The Kier molecular flexibility index (Phi) is 26.9. The quantitative estimate of drug-likeness (QED) is 0.0276. The third-order valence-electron chi connectivity index (χ3n) is 9.10. The number of rotatable bonds is 19. The van der Waals surface area contributed by atoms with E-state index in [1.807, 2.05) is 0 Å². The number of hydrogen-bond donors (Lipinski definition) is 8. The molecule has 33 heteroatoms. The van der Waals surface area contributed by atoms with Crippen molar-refractivity contribution in [2.45, 2.75) is 112 Å². The third kappa shape index (κ3) is 18.5. The molecule has 352 valence electrons. The Balaban J connectivity index is 0.00000704. The first kappa shape index (κ1) is 62.2. The smallest absolute Gasteiger partial charge is 0.726 e. The molecule has 0 radical (unpaired) electrons. The maximum Gasteiger partial charge on any atom is 1.00 e. The van der Waals surface area contributed by atoms with Crippen molar-refractivity contribution in [3.8, 4) is 0 Å². The zero-order chi connectivity index (χ0) is 46.1. The Bertz CT molecular complexity index is 1910. The van der Waals surface area contributed by atoms with Crippen molar-refractivity contribution in [3.05, 3.63) is 35.9 Å². The number of aliphatic carboxylic acids is 1. The van der Waals surface area contributed by atoms with E-state index in [2.05, 4.69) is 24.3 Å². The van der Waals surface area contributed by atoms with E-state index in [0.29, 0.717) is 5.56 Å². The normalized spacial score (nSPS) is 32.5. The third-order valence-corrected chi connectivity index (χ3v) is 10.0. The summed E-state index contributed by atoms with van der Waals surface area (Å²) in [5.74, 6) is -4.07. The van der Waals surface area contributed by atoms with Gasteiger partial charge in [-0.25, -0.2) is 21.6 Å². The summed E-state index contributed by atoms with van der Waals surface area (Å²) in [6, 6.07) is 4.86. The fourth-order valence-corrected chi connectivity index (χ4v) is 7.54. The molecule has 3 aliphatic heterocycles. The van der Waals surface area contributed by atoms with Gasteiger partial charge in [0.05, 0.1) is 25.8 Å². The summed E-state index contributed by atoms with van der Waals surface area (Å²) in [5.41, 5.74) is 0.673. The minimum atomic E-state index is -5.73. The number of amides is 3. The van der Waals surface area contributed by atoms with Crippen LogP contribution in [-0.2, 0) is 83.3 Å². The van der Waals surface area contributed by atoms with Crippen LogP contribution in [0, 0.1) is 0 Å². The number of carboxylic acids is 1. The van der Waals surface area contributed by atoms with Crippen LogP contribution in [0.1, 0.15) is 19.4 Å². The molecule has 0 saturated carbocycles. The molecule has 3 aliphatic rings. The molecule has 65 heavy (non-hydrogen) atoms. The number of carboxylic acid groups (broad SMARTS) is 1. The molecule has 0 aliphatic carbocycles. The molecule has 15 atom stereocenters. The van der Waals surface area contributed by atoms with Gasteiger partial charge in [-0.15, -0.1) is 0 Å². The first-order valence-corrected chi connectivity index (χ1v) is 20.8. The summed E-state index contributed by atoms with van der Waals surface area (Å²) in [6.45, 7) is -1.30. The summed E-state index contributed by atoms with van der Waals surface area (Å²) in [6.07, 6.45) is -29.7. The number of hydrogen-bond acceptors (Lipinski definition) is 25. The molecule has 0 aromatic heterocycles. The molecular weight excluding hydrogens is 959 g/mol. The van der Waals surface area contributed by atoms with Crippen molar-refractivity contribution in [2.75, 3.05) is 26.4 Å². The average molecular weight is 1000 g/mol. The van der Waals surface area contributed by atoms with E-state index in [1.54, 1.807) is 30.3 Å². The molecule has 3 fully saturated rings. The molecular formula is C32H44N3Na3O25S2. The van der Waals surface area contributed by atoms with E-state index in [9.17, 15) is 75.8 Å². The Hall–Kier alpha value is -0.800. The van der Waals surface area contributed by atoms with Crippen LogP contribution in [0.2, 0.25) is 0 Å². The SMILES string of the molecule is CC(=O)N[C@H]1[C@H](O[C@H]2[C@H](O)[C@@H](O)[C@H](O[C@@H]3[C@@H](NC(C)=O)[C@H](OCCNC(=O)OCc4ccccc4)O[C@H](CO)[C@@H]3OS(=O)(=O)[O-])O[C@@H]2C(=O)[O-])O[C@H](CO)[C@H](OS(=O)(=O)[O-])[C@@H]1O.[Na+].[Na+].[Na+]. The van der Waals surface area contributed by atoms with Gasteiger partial charge in [-0.2, -0.15) is 0 Å². The maximum absolute atomic E-state index is 12.5. The topological polar surface area (TPSA) is 426 Å². The molecule has 3 amide bonds. The summed E-state index contributed by atoms with van der Waals surface area (Å²) in [4.78, 5) is 49.1. The molecule has 0 spiro atoms. The van der Waals surface area contributed by atoms with Gasteiger partial charge >= 0.3 is 94.8 Å². The fraction of sp³-hybridized carbons (Fsp3) is 0.688. The van der Waals surface area contributed by atoms with Crippen LogP contribution in [0.15, 0.2) is 30.3 Å². The van der Waals surface area contributed by atoms with Gasteiger partial charge in [0, 0.05) is 20.4 Å². The second-order valence-electron chi connectivity index (χ2n) is 13.6. The molecule has 0 bridgehead atoms. The number of ether oxygens (including phenoxy) is 7. The van der Waals surface area contributed by atoms with E-state index >= 15 is 0 Å². The predicted octanol–water partition coefficient (Wildman–Crippen LogP) is -16.6. The van der Waals surface area contributed by atoms with E-state index in [-0.39, 0.29) is 102 Å². The second kappa shape index (κ2) is 28.1. The van der Waals surface area contributed by atoms with Crippen LogP contribution in [0.5, 0.6) is 0 Å². The summed E-state index contributed by atoms with van der Waals surface area (Å²) >= 11 is 0. The van der Waals surface area contributed by atoms with Crippen molar-refractivity contribution in [1.82, 2.24) is 16.0 Å². The van der Waals surface area contributed by atoms with Crippen molar-refractivity contribution in [1.29, 1.82) is 0 Å². The van der Waals surface area contributed by atoms with Crippen molar-refractivity contribution in [3.63, 3.8) is 0 Å². The molecule has 1 aromatic carbocycles. The zero-order valence-corrected chi connectivity index (χ0v) is 42.9. The van der Waals surface area contributed by atoms with Gasteiger partial charge in [-0.1, -0.05) is 30.3 Å². The number of aliphatic hydroxyl groups excluding tert-OH is 5. The number of carbonyl (C=O) groups is 4. The number of alkyl carbamates (subject to hydrolysis) is 1. The Labute approximate surface area is 437 Å². The number of nitrogens with one attached hydrogen (secondary N) is 3. The Morgan fingerprint density at radius 3 is 1.75 bits per heavy atom. The van der Waals surface area contributed by atoms with Gasteiger partial charge in [-0.3, -0.25) is 18.0 Å². The standard InChI is InChI=1S/C32H47N3O25S2.3Na/c1-13(38)34-18-20(40)23(59-61(46,47)48)16(10-36)55-30(18)57-26-21(41)22(42)31(58-27(26)28(43)44)56-25-19(35-14(2)39)29(54-17(11-37)24(25)60-62(49,50)51)52-9-8-33-32(45)53-12-15-6-4-3-5-7-15;;;/h3-7,16-27,29-31,36-37,40-42H,8-12H2,1-2H3,(H,33,45)(H,34,38)(H,35,39)(H,43,44)(H,46,47,48)(H,49,50,51);;;/q;3*+1/p-3/t16-,17-,18-,19-,20-,21-,22-,23+,24+,25-,26+,27+,29-,30+,31-;;;/m1.../s1. The first-order valence-electron chi connectivity index (χ1n) is 18.2. The average Bonchev–Trinajstić information content (AvgIpc) is 3.18. The number of benzene rings is 1. The van der Waals surface area contributed by atoms with Crippen LogP contribution in [0.3, 0.4) is 0 Å². The van der Waals surface area contributed by atoms with Crippen LogP contribution < -0.4 is 110 Å². The van der Waals surface area contributed by atoms with E-state index < -0.39 is 156 Å². The molecule has 1 aromatic rings. The summed E-state index contributed by atoms with van der Waals surface area (Å²) in [7, 11) is -11.3. The Morgan fingerprint density at radius 1 is 0.692 bits per heavy atom. The molecule has 8 N–H and O–H groups in total. The largest absolute Gasteiger partial charge is 1.00 e. The fourth-order valence-electron chi connectivity index (χ4n) is 6.52. The molecule has 3 heterocycles. The van der Waals surface area contributed by atoms with Crippen LogP contribution in [0.4, 0.5) is 4.79 Å². The van der Waals surface area contributed by atoms with Crippen molar-refractivity contribution >= 4 is 44.7 Å². The van der Waals surface area contributed by atoms with Crippen LogP contribution in [0.25, 0.3) is 0 Å². The van der Waals surface area contributed by atoms with E-state index in [4.69, 9.17) is 33.2 Å². The van der Waals surface area contributed by atoms with E-state index in [1.165, 1.54) is 0 Å². The summed E-state index contributed by atoms with van der Waals surface area (Å²) in [5, 5.41) is 72.6. The molecule has 28 nitrogen and oxygen atoms in total. The minimum Gasteiger partial charge on any atom is -0.726 e. The Morgan fingerprint density at radius 2 is 1.22 bits per heavy atom. The molecule has 3 saturated heterocycles.